The van der Waals surface area contributed by atoms with Gasteiger partial charge in [-0.15, -0.1) is 0 Å². The van der Waals surface area contributed by atoms with Gasteiger partial charge in [0, 0.05) is 5.56 Å². The van der Waals surface area contributed by atoms with Crippen LogP contribution in [-0.4, -0.2) is 6.61 Å². The molecule has 2 aromatic carbocycles. The minimum Gasteiger partial charge on any atom is -0.471 e. The SMILES string of the molecule is Cc1cc2oc(-c3ccc(C(C)(C)C)cc3)c(OCC#N)c(=O)c2cc1C. The lowest BCUT2D eigenvalue weighted by Gasteiger charge is -2.19. The average Bonchev–Trinajstić information content (AvgIpc) is 2.62. The lowest BCUT2D eigenvalue weighted by molar-refractivity contribution is 0.356. The van der Waals surface area contributed by atoms with Gasteiger partial charge in [-0.1, -0.05) is 45.0 Å². The predicted octanol–water partition coefficient (Wildman–Crippen LogP) is 5.28. The number of rotatable bonds is 3. The van der Waals surface area contributed by atoms with E-state index in [0.29, 0.717) is 16.7 Å². The van der Waals surface area contributed by atoms with Crippen LogP contribution in [0.15, 0.2) is 45.6 Å². The van der Waals surface area contributed by atoms with Gasteiger partial charge in [-0.05, 0) is 48.1 Å². The second-order valence-electron chi connectivity index (χ2n) is 7.80. The summed E-state index contributed by atoms with van der Waals surface area (Å²) in [6.07, 6.45) is 0. The van der Waals surface area contributed by atoms with Crippen LogP contribution in [-0.2, 0) is 5.41 Å². The van der Waals surface area contributed by atoms with E-state index in [1.54, 1.807) is 0 Å². The summed E-state index contributed by atoms with van der Waals surface area (Å²) in [6, 6.07) is 13.5. The first-order chi connectivity index (χ1) is 12.7. The summed E-state index contributed by atoms with van der Waals surface area (Å²) in [6.45, 7) is 10.1. The molecule has 4 heteroatoms. The molecule has 0 unspecified atom stereocenters. The van der Waals surface area contributed by atoms with E-state index in [1.165, 1.54) is 5.56 Å². The van der Waals surface area contributed by atoms with E-state index in [2.05, 4.69) is 20.8 Å². The van der Waals surface area contributed by atoms with Crippen LogP contribution >= 0.6 is 0 Å². The molecule has 3 aromatic rings. The number of nitriles is 1. The van der Waals surface area contributed by atoms with Gasteiger partial charge in [-0.3, -0.25) is 4.79 Å². The Labute approximate surface area is 159 Å². The zero-order chi connectivity index (χ0) is 19.8. The molecule has 0 aliphatic rings. The topological polar surface area (TPSA) is 63.2 Å². The zero-order valence-corrected chi connectivity index (χ0v) is 16.3. The van der Waals surface area contributed by atoms with E-state index in [0.717, 1.165) is 16.7 Å². The van der Waals surface area contributed by atoms with Gasteiger partial charge in [0.1, 0.15) is 11.7 Å². The molecule has 4 nitrogen and oxygen atoms in total. The van der Waals surface area contributed by atoms with Crippen LogP contribution in [0.5, 0.6) is 5.75 Å². The Balaban J connectivity index is 2.25. The summed E-state index contributed by atoms with van der Waals surface area (Å²) >= 11 is 0. The largest absolute Gasteiger partial charge is 0.471 e. The molecule has 0 N–H and O–H groups in total. The van der Waals surface area contributed by atoms with Gasteiger partial charge < -0.3 is 9.15 Å². The molecule has 0 atom stereocenters. The fourth-order valence-corrected chi connectivity index (χ4v) is 2.98. The number of fused-ring (bicyclic) bond motifs is 1. The maximum atomic E-state index is 13.0. The number of benzene rings is 2. The van der Waals surface area contributed by atoms with E-state index in [-0.39, 0.29) is 23.2 Å². The summed E-state index contributed by atoms with van der Waals surface area (Å²) in [5.41, 5.74) is 4.26. The smallest absolute Gasteiger partial charge is 0.235 e. The van der Waals surface area contributed by atoms with Crippen molar-refractivity contribution in [2.75, 3.05) is 6.61 Å². The predicted molar refractivity (Wildman–Crippen MR) is 107 cm³/mol. The Morgan fingerprint density at radius 3 is 2.30 bits per heavy atom. The Morgan fingerprint density at radius 1 is 1.07 bits per heavy atom. The summed E-state index contributed by atoms with van der Waals surface area (Å²) in [5.74, 6) is 0.433. The molecule has 0 aliphatic heterocycles. The van der Waals surface area contributed by atoms with Crippen LogP contribution in [0.25, 0.3) is 22.3 Å². The molecule has 1 aromatic heterocycles. The number of hydrogen-bond donors (Lipinski definition) is 0. The highest BCUT2D eigenvalue weighted by atomic mass is 16.5. The molecule has 1 heterocycles. The zero-order valence-electron chi connectivity index (χ0n) is 16.3. The highest BCUT2D eigenvalue weighted by Gasteiger charge is 2.20. The van der Waals surface area contributed by atoms with Crippen molar-refractivity contribution in [1.82, 2.24) is 0 Å². The van der Waals surface area contributed by atoms with Crippen molar-refractivity contribution < 1.29 is 9.15 Å². The molecular weight excluding hydrogens is 338 g/mol. The van der Waals surface area contributed by atoms with Gasteiger partial charge in [-0.25, -0.2) is 0 Å². The molecule has 0 radical (unpaired) electrons. The second-order valence-corrected chi connectivity index (χ2v) is 7.80. The van der Waals surface area contributed by atoms with Crippen LogP contribution in [0, 0.1) is 25.2 Å². The number of nitrogens with zero attached hydrogens (tertiary/aromatic N) is 1. The van der Waals surface area contributed by atoms with E-state index >= 15 is 0 Å². The minimum absolute atomic E-state index is 0.0253. The lowest BCUT2D eigenvalue weighted by Crippen LogP contribution is -2.12. The molecular formula is C23H23NO3. The minimum atomic E-state index is -0.260. The van der Waals surface area contributed by atoms with Gasteiger partial charge in [0.2, 0.25) is 11.2 Å². The molecule has 3 rings (SSSR count). The third-order valence-electron chi connectivity index (χ3n) is 4.76. The van der Waals surface area contributed by atoms with Gasteiger partial charge in [0.25, 0.3) is 0 Å². The maximum absolute atomic E-state index is 13.0. The summed E-state index contributed by atoms with van der Waals surface area (Å²) < 4.78 is 11.6. The molecule has 0 bridgehead atoms. The molecule has 0 spiro atoms. The summed E-state index contributed by atoms with van der Waals surface area (Å²) in [4.78, 5) is 13.0. The summed E-state index contributed by atoms with van der Waals surface area (Å²) in [5, 5.41) is 9.35. The molecule has 138 valence electrons. The molecule has 27 heavy (non-hydrogen) atoms. The Kier molecular flexibility index (Phi) is 4.80. The first kappa shape index (κ1) is 18.7. The Morgan fingerprint density at radius 2 is 1.70 bits per heavy atom. The first-order valence-electron chi connectivity index (χ1n) is 8.91. The lowest BCUT2D eigenvalue weighted by atomic mass is 9.86. The normalized spacial score (nSPS) is 11.4. The van der Waals surface area contributed by atoms with Crippen molar-refractivity contribution >= 4 is 11.0 Å². The summed E-state index contributed by atoms with van der Waals surface area (Å²) in [7, 11) is 0. The standard InChI is InChI=1S/C23H23NO3/c1-14-12-18-19(13-15(14)2)27-21(22(20(18)25)26-11-10-24)16-6-8-17(9-7-16)23(3,4)5/h6-9,12-13H,11H2,1-5H3. The van der Waals surface area contributed by atoms with Crippen molar-refractivity contribution in [3.05, 3.63) is 63.3 Å². The van der Waals surface area contributed by atoms with Crippen molar-refractivity contribution in [1.29, 1.82) is 5.26 Å². The van der Waals surface area contributed by atoms with Crippen LogP contribution in [0.2, 0.25) is 0 Å². The molecule has 0 fully saturated rings. The third kappa shape index (κ3) is 3.59. The number of ether oxygens (including phenoxy) is 1. The third-order valence-corrected chi connectivity index (χ3v) is 4.76. The highest BCUT2D eigenvalue weighted by Crippen LogP contribution is 2.33. The van der Waals surface area contributed by atoms with Crippen LogP contribution in [0.4, 0.5) is 0 Å². The quantitative estimate of drug-likeness (QED) is 0.637. The Hall–Kier alpha value is -3.06. The van der Waals surface area contributed by atoms with Crippen LogP contribution < -0.4 is 10.2 Å². The van der Waals surface area contributed by atoms with E-state index in [4.69, 9.17) is 14.4 Å². The van der Waals surface area contributed by atoms with Gasteiger partial charge in [-0.2, -0.15) is 5.26 Å². The van der Waals surface area contributed by atoms with E-state index < -0.39 is 0 Å². The fourth-order valence-electron chi connectivity index (χ4n) is 2.98. The van der Waals surface area contributed by atoms with Gasteiger partial charge >= 0.3 is 0 Å². The monoisotopic (exact) mass is 361 g/mol. The molecule has 0 saturated carbocycles. The van der Waals surface area contributed by atoms with E-state index in [1.807, 2.05) is 56.3 Å². The second kappa shape index (κ2) is 6.92. The average molecular weight is 361 g/mol. The first-order valence-corrected chi connectivity index (χ1v) is 8.91. The van der Waals surface area contributed by atoms with E-state index in [9.17, 15) is 4.79 Å². The van der Waals surface area contributed by atoms with Crippen LogP contribution in [0.3, 0.4) is 0 Å². The molecule has 0 aliphatic carbocycles. The molecule has 0 amide bonds. The number of hydrogen-bond acceptors (Lipinski definition) is 4. The van der Waals surface area contributed by atoms with Crippen molar-refractivity contribution in [2.45, 2.75) is 40.0 Å². The fraction of sp³-hybridized carbons (Fsp3) is 0.304. The highest BCUT2D eigenvalue weighted by molar-refractivity contribution is 5.83. The van der Waals surface area contributed by atoms with Crippen molar-refractivity contribution in [2.24, 2.45) is 0 Å². The molecule has 0 saturated heterocycles. The number of aryl methyl sites for hydroxylation is 2. The van der Waals surface area contributed by atoms with Crippen molar-refractivity contribution in [3.8, 4) is 23.1 Å². The van der Waals surface area contributed by atoms with Gasteiger partial charge in [0.05, 0.1) is 5.39 Å². The van der Waals surface area contributed by atoms with Crippen molar-refractivity contribution in [3.63, 3.8) is 0 Å². The van der Waals surface area contributed by atoms with Crippen LogP contribution in [0.1, 0.15) is 37.5 Å². The van der Waals surface area contributed by atoms with Gasteiger partial charge in [0.15, 0.2) is 12.4 Å². The Bertz CT molecular complexity index is 1090. The maximum Gasteiger partial charge on any atom is 0.235 e.